The lowest BCUT2D eigenvalue weighted by Crippen LogP contribution is -2.50. The van der Waals surface area contributed by atoms with Crippen LogP contribution < -0.4 is 10.5 Å². The molecule has 1 aromatic heterocycles. The molecule has 1 aromatic carbocycles. The number of halogens is 1. The number of anilines is 1. The minimum Gasteiger partial charge on any atom is -0.366 e. The summed E-state index contributed by atoms with van der Waals surface area (Å²) in [4.78, 5) is 31.0. The average Bonchev–Trinajstić information content (AvgIpc) is 2.74. The molecule has 3 rings (SSSR count). The first-order valence-corrected chi connectivity index (χ1v) is 10.5. The van der Waals surface area contributed by atoms with Gasteiger partial charge >= 0.3 is 0 Å². The van der Waals surface area contributed by atoms with Crippen molar-refractivity contribution in [1.29, 1.82) is 0 Å². The summed E-state index contributed by atoms with van der Waals surface area (Å²) in [5, 5.41) is 4.52. The van der Waals surface area contributed by atoms with E-state index in [2.05, 4.69) is 14.9 Å². The van der Waals surface area contributed by atoms with Gasteiger partial charge in [0.15, 0.2) is 0 Å². The van der Waals surface area contributed by atoms with E-state index in [9.17, 15) is 9.59 Å². The molecule has 2 aromatic rings. The van der Waals surface area contributed by atoms with Crippen molar-refractivity contribution >= 4 is 23.2 Å². The summed E-state index contributed by atoms with van der Waals surface area (Å²) >= 11 is 6.41. The number of carbonyl (C=O) groups excluding carboxylic acids is 1. The predicted octanol–water partition coefficient (Wildman–Crippen LogP) is 1.94. The molecule has 0 N–H and O–H groups in total. The van der Waals surface area contributed by atoms with Crippen molar-refractivity contribution in [2.45, 2.75) is 20.4 Å². The number of hydrogen-bond acceptors (Lipinski definition) is 5. The minimum absolute atomic E-state index is 0.159. The molecule has 1 saturated heterocycles. The molecule has 0 bridgehead atoms. The van der Waals surface area contributed by atoms with E-state index < -0.39 is 0 Å². The van der Waals surface area contributed by atoms with Crippen molar-refractivity contribution < 1.29 is 4.79 Å². The van der Waals surface area contributed by atoms with E-state index in [0.29, 0.717) is 31.9 Å². The highest BCUT2D eigenvalue weighted by molar-refractivity contribution is 6.33. The fourth-order valence-corrected chi connectivity index (χ4v) is 3.83. The molecule has 8 heteroatoms. The third-order valence-corrected chi connectivity index (χ3v) is 5.68. The number of hydrogen-bond donors (Lipinski definition) is 0. The second-order valence-electron chi connectivity index (χ2n) is 7.12. The largest absolute Gasteiger partial charge is 0.366 e. The first-order valence-electron chi connectivity index (χ1n) is 10.1. The molecule has 0 spiro atoms. The molecule has 0 unspecified atom stereocenters. The van der Waals surface area contributed by atoms with E-state index in [4.69, 9.17) is 11.6 Å². The molecule has 1 fully saturated rings. The highest BCUT2D eigenvalue weighted by atomic mass is 35.5. The van der Waals surface area contributed by atoms with Crippen molar-refractivity contribution in [2.24, 2.45) is 0 Å². The van der Waals surface area contributed by atoms with Gasteiger partial charge in [0.1, 0.15) is 5.02 Å². The van der Waals surface area contributed by atoms with Gasteiger partial charge in [-0.05, 0) is 19.4 Å². The standard InChI is InChI=1S/C21H28ClN5O2/c1-3-25(4-2)19(28)16-24-10-12-26(13-11-24)18-14-23-27(21(29)20(18)22)15-17-8-6-5-7-9-17/h5-9,14H,3-4,10-13,15-16H2,1-2H3. The van der Waals surface area contributed by atoms with Gasteiger partial charge < -0.3 is 9.80 Å². The van der Waals surface area contributed by atoms with Gasteiger partial charge in [-0.15, -0.1) is 0 Å². The van der Waals surface area contributed by atoms with Crippen LogP contribution in [0, 0.1) is 0 Å². The van der Waals surface area contributed by atoms with Gasteiger partial charge in [-0.1, -0.05) is 41.9 Å². The fraction of sp³-hybridized carbons (Fsp3) is 0.476. The lowest BCUT2D eigenvalue weighted by molar-refractivity contribution is -0.132. The summed E-state index contributed by atoms with van der Waals surface area (Å²) in [6, 6.07) is 9.70. The Bertz CT molecular complexity index is 874. The molecule has 0 saturated carbocycles. The van der Waals surface area contributed by atoms with Crippen LogP contribution in [0.1, 0.15) is 19.4 Å². The normalized spacial score (nSPS) is 14.8. The van der Waals surface area contributed by atoms with Crippen molar-refractivity contribution in [1.82, 2.24) is 19.6 Å². The Labute approximate surface area is 176 Å². The maximum absolute atomic E-state index is 12.7. The van der Waals surface area contributed by atoms with E-state index >= 15 is 0 Å². The summed E-state index contributed by atoms with van der Waals surface area (Å²) in [5.41, 5.74) is 1.38. The third-order valence-electron chi connectivity index (χ3n) is 5.33. The number of likely N-dealkylation sites (N-methyl/N-ethyl adjacent to an activating group) is 1. The van der Waals surface area contributed by atoms with Gasteiger partial charge in [0.25, 0.3) is 5.56 Å². The molecule has 1 amide bonds. The smallest absolute Gasteiger partial charge is 0.287 e. The van der Waals surface area contributed by atoms with Crippen LogP contribution >= 0.6 is 11.6 Å². The second kappa shape index (κ2) is 9.89. The van der Waals surface area contributed by atoms with Gasteiger partial charge in [0.2, 0.25) is 5.91 Å². The molecule has 2 heterocycles. The van der Waals surface area contributed by atoms with E-state index in [0.717, 1.165) is 31.7 Å². The number of rotatable bonds is 7. The monoisotopic (exact) mass is 417 g/mol. The van der Waals surface area contributed by atoms with Gasteiger partial charge in [0, 0.05) is 39.3 Å². The molecule has 156 valence electrons. The number of aromatic nitrogens is 2. The lowest BCUT2D eigenvalue weighted by Gasteiger charge is -2.36. The van der Waals surface area contributed by atoms with E-state index in [-0.39, 0.29) is 16.5 Å². The molecule has 7 nitrogen and oxygen atoms in total. The summed E-state index contributed by atoms with van der Waals surface area (Å²) in [7, 11) is 0. The molecule has 0 atom stereocenters. The Hall–Kier alpha value is -2.38. The molecule has 0 radical (unpaired) electrons. The Morgan fingerprint density at radius 2 is 1.76 bits per heavy atom. The minimum atomic E-state index is -0.285. The first kappa shape index (κ1) is 21.3. The van der Waals surface area contributed by atoms with Crippen LogP contribution in [0.25, 0.3) is 0 Å². The number of amides is 1. The number of carbonyl (C=O) groups is 1. The van der Waals surface area contributed by atoms with Crippen LogP contribution in [0.2, 0.25) is 5.02 Å². The Balaban J connectivity index is 1.63. The van der Waals surface area contributed by atoms with Crippen molar-refractivity contribution in [2.75, 3.05) is 50.7 Å². The van der Waals surface area contributed by atoms with Crippen molar-refractivity contribution in [3.63, 3.8) is 0 Å². The Morgan fingerprint density at radius 1 is 1.10 bits per heavy atom. The van der Waals surface area contributed by atoms with Crippen LogP contribution in [0.5, 0.6) is 0 Å². The first-order chi connectivity index (χ1) is 14.0. The van der Waals surface area contributed by atoms with Gasteiger partial charge in [-0.3, -0.25) is 14.5 Å². The number of nitrogens with zero attached hydrogens (tertiary/aromatic N) is 5. The second-order valence-corrected chi connectivity index (χ2v) is 7.50. The zero-order chi connectivity index (χ0) is 20.8. The highest BCUT2D eigenvalue weighted by Gasteiger charge is 2.23. The van der Waals surface area contributed by atoms with Crippen LogP contribution in [-0.2, 0) is 11.3 Å². The summed E-state index contributed by atoms with van der Waals surface area (Å²) in [5.74, 6) is 0.159. The van der Waals surface area contributed by atoms with Crippen molar-refractivity contribution in [3.8, 4) is 0 Å². The summed E-state index contributed by atoms with van der Waals surface area (Å²) in [6.07, 6.45) is 1.67. The Kier molecular flexibility index (Phi) is 7.28. The number of benzene rings is 1. The quantitative estimate of drug-likeness (QED) is 0.689. The topological polar surface area (TPSA) is 61.7 Å². The molecule has 1 aliphatic rings. The summed E-state index contributed by atoms with van der Waals surface area (Å²) in [6.45, 7) is 9.17. The van der Waals surface area contributed by atoms with E-state index in [1.165, 1.54) is 4.68 Å². The molecule has 0 aliphatic carbocycles. The average molecular weight is 418 g/mol. The van der Waals surface area contributed by atoms with E-state index in [1.807, 2.05) is 49.1 Å². The molecular weight excluding hydrogens is 390 g/mol. The highest BCUT2D eigenvalue weighted by Crippen LogP contribution is 2.22. The van der Waals surface area contributed by atoms with Gasteiger partial charge in [-0.25, -0.2) is 4.68 Å². The van der Waals surface area contributed by atoms with Gasteiger partial charge in [-0.2, -0.15) is 5.10 Å². The molecule has 1 aliphatic heterocycles. The predicted molar refractivity (Wildman–Crippen MR) is 116 cm³/mol. The van der Waals surface area contributed by atoms with Crippen LogP contribution in [-0.4, -0.2) is 71.3 Å². The fourth-order valence-electron chi connectivity index (χ4n) is 3.56. The zero-order valence-electron chi connectivity index (χ0n) is 17.1. The van der Waals surface area contributed by atoms with Gasteiger partial charge in [0.05, 0.1) is 25.0 Å². The maximum atomic E-state index is 12.7. The number of piperazine rings is 1. The van der Waals surface area contributed by atoms with Crippen LogP contribution in [0.15, 0.2) is 41.3 Å². The van der Waals surface area contributed by atoms with Crippen LogP contribution in [0.4, 0.5) is 5.69 Å². The molecule has 29 heavy (non-hydrogen) atoms. The van der Waals surface area contributed by atoms with Crippen LogP contribution in [0.3, 0.4) is 0 Å². The van der Waals surface area contributed by atoms with E-state index in [1.54, 1.807) is 6.20 Å². The summed E-state index contributed by atoms with van der Waals surface area (Å²) < 4.78 is 1.39. The van der Waals surface area contributed by atoms with Crippen molar-refractivity contribution in [3.05, 3.63) is 57.5 Å². The third kappa shape index (κ3) is 5.16. The maximum Gasteiger partial charge on any atom is 0.287 e. The zero-order valence-corrected chi connectivity index (χ0v) is 17.8. The SMILES string of the molecule is CCN(CC)C(=O)CN1CCN(c2cnn(Cc3ccccc3)c(=O)c2Cl)CC1. The molecular formula is C21H28ClN5O2. The lowest BCUT2D eigenvalue weighted by atomic mass is 10.2. The Morgan fingerprint density at radius 3 is 2.38 bits per heavy atom.